The minimum Gasteiger partial charge on any atom is -0.352 e. The second-order valence-electron chi connectivity index (χ2n) is 7.44. The van der Waals surface area contributed by atoms with Crippen LogP contribution in [0.3, 0.4) is 0 Å². The monoisotopic (exact) mass is 367 g/mol. The van der Waals surface area contributed by atoms with Gasteiger partial charge in [-0.2, -0.15) is 0 Å². The zero-order valence-corrected chi connectivity index (χ0v) is 15.8. The first-order chi connectivity index (χ1) is 11.5. The molecule has 3 N–H and O–H groups in total. The highest BCUT2D eigenvalue weighted by Crippen LogP contribution is 2.27. The van der Waals surface area contributed by atoms with Crippen molar-refractivity contribution >= 4 is 22.0 Å². The predicted octanol–water partition coefficient (Wildman–Crippen LogP) is 1.92. The molecule has 138 valence electrons. The average molecular weight is 367 g/mol. The van der Waals surface area contributed by atoms with Crippen molar-refractivity contribution in [2.75, 3.05) is 6.54 Å². The summed E-state index contributed by atoms with van der Waals surface area (Å²) in [5.74, 6) is 0.211. The number of carbonyl (C=O) groups is 2. The Hall–Kier alpha value is -2.09. The zero-order chi connectivity index (χ0) is 18.8. The molecule has 1 aromatic rings. The molecule has 0 spiro atoms. The molecule has 3 amide bonds. The molecule has 7 nitrogen and oxygen atoms in total. The number of carbonyl (C=O) groups excluding carboxylic acids is 2. The molecule has 0 radical (unpaired) electrons. The summed E-state index contributed by atoms with van der Waals surface area (Å²) in [6, 6.07) is 3.62. The van der Waals surface area contributed by atoms with Crippen LogP contribution < -0.4 is 15.4 Å². The Kier molecular flexibility index (Phi) is 5.41. The maximum Gasteiger partial charge on any atom is 0.329 e. The summed E-state index contributed by atoms with van der Waals surface area (Å²) in [5.41, 5.74) is 0.136. The van der Waals surface area contributed by atoms with Crippen molar-refractivity contribution in [1.29, 1.82) is 0 Å². The van der Waals surface area contributed by atoms with Gasteiger partial charge in [0.1, 0.15) is 0 Å². The van der Waals surface area contributed by atoms with Gasteiger partial charge in [-0.3, -0.25) is 4.79 Å². The number of rotatable bonds is 5. The number of hydrogen-bond acceptors (Lipinski definition) is 4. The van der Waals surface area contributed by atoms with Crippen LogP contribution in [0, 0.1) is 12.8 Å². The van der Waals surface area contributed by atoms with Crippen LogP contribution in [0.5, 0.6) is 0 Å². The molecule has 0 saturated heterocycles. The molecule has 0 atom stereocenters. The third kappa shape index (κ3) is 5.74. The number of benzene rings is 1. The van der Waals surface area contributed by atoms with Crippen LogP contribution in [0.4, 0.5) is 4.79 Å². The van der Waals surface area contributed by atoms with E-state index in [1.54, 1.807) is 39.8 Å². The molecule has 0 bridgehead atoms. The van der Waals surface area contributed by atoms with Gasteiger partial charge in [0, 0.05) is 17.6 Å². The average Bonchev–Trinajstić information content (AvgIpc) is 3.26. The van der Waals surface area contributed by atoms with Gasteiger partial charge in [-0.15, -0.1) is 0 Å². The number of urea groups is 1. The molecule has 1 aliphatic rings. The van der Waals surface area contributed by atoms with E-state index in [1.807, 2.05) is 4.72 Å². The molecule has 25 heavy (non-hydrogen) atoms. The van der Waals surface area contributed by atoms with Crippen LogP contribution in [0.15, 0.2) is 23.1 Å². The first-order valence-electron chi connectivity index (χ1n) is 8.22. The van der Waals surface area contributed by atoms with Gasteiger partial charge >= 0.3 is 6.03 Å². The lowest BCUT2D eigenvalue weighted by atomic mass is 10.1. The number of hydrogen-bond donors (Lipinski definition) is 3. The van der Waals surface area contributed by atoms with Gasteiger partial charge in [-0.05, 0) is 64.2 Å². The van der Waals surface area contributed by atoms with E-state index in [0.29, 0.717) is 18.0 Å². The molecular weight excluding hydrogens is 342 g/mol. The lowest BCUT2D eigenvalue weighted by Crippen LogP contribution is -2.48. The van der Waals surface area contributed by atoms with Crippen molar-refractivity contribution < 1.29 is 18.0 Å². The van der Waals surface area contributed by atoms with Crippen LogP contribution >= 0.6 is 0 Å². The molecule has 0 aliphatic heterocycles. The van der Waals surface area contributed by atoms with E-state index in [1.165, 1.54) is 6.07 Å². The Morgan fingerprint density at radius 1 is 1.20 bits per heavy atom. The fourth-order valence-electron chi connectivity index (χ4n) is 2.24. The van der Waals surface area contributed by atoms with Gasteiger partial charge in [-0.25, -0.2) is 17.9 Å². The van der Waals surface area contributed by atoms with Gasteiger partial charge in [0.05, 0.1) is 4.90 Å². The number of sulfonamides is 1. The first kappa shape index (κ1) is 19.2. The van der Waals surface area contributed by atoms with Crippen molar-refractivity contribution in [3.05, 3.63) is 29.3 Å². The standard InChI is InChI=1S/C17H25N3O4S/c1-11-5-8-13(15(21)18-10-12-6-7-12)9-14(11)25(23,24)20-16(22)19-17(2,3)4/h5,8-9,12H,6-7,10H2,1-4H3,(H,18,21)(H2,19,20,22). The van der Waals surface area contributed by atoms with E-state index in [2.05, 4.69) is 10.6 Å². The van der Waals surface area contributed by atoms with Crippen LogP contribution in [-0.4, -0.2) is 32.4 Å². The lowest BCUT2D eigenvalue weighted by molar-refractivity contribution is 0.0951. The summed E-state index contributed by atoms with van der Waals surface area (Å²) in [7, 11) is -4.08. The van der Waals surface area contributed by atoms with Crippen molar-refractivity contribution in [2.24, 2.45) is 5.92 Å². The fourth-order valence-corrected chi connectivity index (χ4v) is 3.41. The van der Waals surface area contributed by atoms with Crippen LogP contribution in [-0.2, 0) is 10.0 Å². The van der Waals surface area contributed by atoms with E-state index < -0.39 is 21.6 Å². The van der Waals surface area contributed by atoms with E-state index >= 15 is 0 Å². The number of amides is 3. The summed E-state index contributed by atoms with van der Waals surface area (Å²) < 4.78 is 27.0. The molecule has 1 fully saturated rings. The molecule has 0 aromatic heterocycles. The van der Waals surface area contributed by atoms with E-state index in [0.717, 1.165) is 12.8 Å². The van der Waals surface area contributed by atoms with E-state index in [4.69, 9.17) is 0 Å². The Labute approximate surface area is 148 Å². The summed E-state index contributed by atoms with van der Waals surface area (Å²) in [5, 5.41) is 5.33. The van der Waals surface area contributed by atoms with Crippen molar-refractivity contribution in [3.63, 3.8) is 0 Å². The molecule has 1 aromatic carbocycles. The maximum absolute atomic E-state index is 12.5. The third-order valence-corrected chi connectivity index (χ3v) is 5.18. The molecular formula is C17H25N3O4S. The minimum atomic E-state index is -4.08. The van der Waals surface area contributed by atoms with Gasteiger partial charge in [0.25, 0.3) is 15.9 Å². The largest absolute Gasteiger partial charge is 0.352 e. The highest BCUT2D eigenvalue weighted by molar-refractivity contribution is 7.90. The molecule has 1 saturated carbocycles. The van der Waals surface area contributed by atoms with Gasteiger partial charge < -0.3 is 10.6 Å². The Balaban J connectivity index is 2.16. The highest BCUT2D eigenvalue weighted by atomic mass is 32.2. The normalized spacial score (nSPS) is 14.7. The Bertz CT molecular complexity index is 778. The molecule has 2 rings (SSSR count). The zero-order valence-electron chi connectivity index (χ0n) is 15.0. The molecule has 0 heterocycles. The molecule has 1 aliphatic carbocycles. The highest BCUT2D eigenvalue weighted by Gasteiger charge is 2.25. The smallest absolute Gasteiger partial charge is 0.329 e. The van der Waals surface area contributed by atoms with E-state index in [-0.39, 0.29) is 16.4 Å². The minimum absolute atomic E-state index is 0.0874. The summed E-state index contributed by atoms with van der Waals surface area (Å²) >= 11 is 0. The third-order valence-electron chi connectivity index (χ3n) is 3.70. The van der Waals surface area contributed by atoms with Crippen molar-refractivity contribution in [2.45, 2.75) is 51.0 Å². The van der Waals surface area contributed by atoms with Crippen LogP contribution in [0.25, 0.3) is 0 Å². The molecule has 0 unspecified atom stereocenters. The summed E-state index contributed by atoms with van der Waals surface area (Å²) in [6.45, 7) is 7.45. The first-order valence-corrected chi connectivity index (χ1v) is 9.70. The predicted molar refractivity (Wildman–Crippen MR) is 94.8 cm³/mol. The lowest BCUT2D eigenvalue weighted by Gasteiger charge is -2.21. The SMILES string of the molecule is Cc1ccc(C(=O)NCC2CC2)cc1S(=O)(=O)NC(=O)NC(C)(C)C. The topological polar surface area (TPSA) is 104 Å². The Morgan fingerprint density at radius 3 is 2.40 bits per heavy atom. The van der Waals surface area contributed by atoms with Crippen molar-refractivity contribution in [3.8, 4) is 0 Å². The molecule has 8 heteroatoms. The number of aryl methyl sites for hydroxylation is 1. The van der Waals surface area contributed by atoms with Gasteiger partial charge in [-0.1, -0.05) is 6.07 Å². The Morgan fingerprint density at radius 2 is 1.84 bits per heavy atom. The quantitative estimate of drug-likeness (QED) is 0.739. The second kappa shape index (κ2) is 7.03. The summed E-state index contributed by atoms with van der Waals surface area (Å²) in [6.07, 6.45) is 2.22. The second-order valence-corrected chi connectivity index (χ2v) is 9.09. The fraction of sp³-hybridized carbons (Fsp3) is 0.529. The maximum atomic E-state index is 12.5. The summed E-state index contributed by atoms with van der Waals surface area (Å²) in [4.78, 5) is 24.0. The number of nitrogens with one attached hydrogen (secondary N) is 3. The van der Waals surface area contributed by atoms with Crippen LogP contribution in [0.2, 0.25) is 0 Å². The van der Waals surface area contributed by atoms with Crippen molar-refractivity contribution in [1.82, 2.24) is 15.4 Å². The van der Waals surface area contributed by atoms with E-state index in [9.17, 15) is 18.0 Å². The van der Waals surface area contributed by atoms with Gasteiger partial charge in [0.2, 0.25) is 0 Å². The van der Waals surface area contributed by atoms with Crippen LogP contribution in [0.1, 0.15) is 49.5 Å². The van der Waals surface area contributed by atoms with Gasteiger partial charge in [0.15, 0.2) is 0 Å².